The van der Waals surface area contributed by atoms with Crippen LogP contribution >= 0.6 is 11.3 Å². The van der Waals surface area contributed by atoms with E-state index >= 15 is 0 Å². The summed E-state index contributed by atoms with van der Waals surface area (Å²) < 4.78 is 5.43. The van der Waals surface area contributed by atoms with Gasteiger partial charge >= 0.3 is 0 Å². The van der Waals surface area contributed by atoms with E-state index in [4.69, 9.17) is 4.74 Å². The van der Waals surface area contributed by atoms with Crippen LogP contribution in [0.3, 0.4) is 0 Å². The van der Waals surface area contributed by atoms with Gasteiger partial charge in [-0.05, 0) is 41.4 Å². The van der Waals surface area contributed by atoms with E-state index in [-0.39, 0.29) is 18.3 Å². The minimum Gasteiger partial charge on any atom is -0.504 e. The van der Waals surface area contributed by atoms with Crippen molar-refractivity contribution in [3.05, 3.63) is 46.7 Å². The minimum atomic E-state index is -0.0440. The largest absolute Gasteiger partial charge is 0.504 e. The summed E-state index contributed by atoms with van der Waals surface area (Å²) in [4.78, 5) is 16.5. The van der Waals surface area contributed by atoms with Gasteiger partial charge in [0, 0.05) is 32.2 Å². The van der Waals surface area contributed by atoms with Crippen LogP contribution in [0.4, 0.5) is 0 Å². The van der Waals surface area contributed by atoms with Gasteiger partial charge in [-0.15, -0.1) is 0 Å². The topological polar surface area (TPSA) is 53.0 Å². The predicted molar refractivity (Wildman–Crippen MR) is 94.5 cm³/mol. The number of benzene rings is 1. The van der Waals surface area contributed by atoms with E-state index in [9.17, 15) is 9.90 Å². The molecule has 24 heavy (non-hydrogen) atoms. The summed E-state index contributed by atoms with van der Waals surface area (Å²) in [5.74, 6) is 0.358. The van der Waals surface area contributed by atoms with E-state index in [2.05, 4.69) is 28.7 Å². The van der Waals surface area contributed by atoms with Gasteiger partial charge in [-0.1, -0.05) is 12.1 Å². The number of rotatable bonds is 5. The van der Waals surface area contributed by atoms with Crippen LogP contribution in [0.5, 0.6) is 11.5 Å². The molecule has 1 aliphatic heterocycles. The van der Waals surface area contributed by atoms with Crippen molar-refractivity contribution >= 4 is 17.2 Å². The van der Waals surface area contributed by atoms with Crippen LogP contribution in [-0.2, 0) is 4.79 Å². The third kappa shape index (κ3) is 3.88. The van der Waals surface area contributed by atoms with Gasteiger partial charge in [0.15, 0.2) is 18.1 Å². The summed E-state index contributed by atoms with van der Waals surface area (Å²) in [5.41, 5.74) is 1.34. The Morgan fingerprint density at radius 2 is 2.00 bits per heavy atom. The van der Waals surface area contributed by atoms with Crippen molar-refractivity contribution in [2.24, 2.45) is 0 Å². The number of hydrogen-bond donors (Lipinski definition) is 1. The second-order valence-corrected chi connectivity index (χ2v) is 6.69. The Balaban J connectivity index is 1.47. The fourth-order valence-electron chi connectivity index (χ4n) is 2.89. The van der Waals surface area contributed by atoms with Crippen LogP contribution in [0.2, 0.25) is 0 Å². The number of phenols is 1. The van der Waals surface area contributed by atoms with Crippen molar-refractivity contribution in [1.29, 1.82) is 0 Å². The van der Waals surface area contributed by atoms with Crippen molar-refractivity contribution < 1.29 is 14.6 Å². The average molecular weight is 346 g/mol. The molecule has 0 bridgehead atoms. The van der Waals surface area contributed by atoms with Gasteiger partial charge in [-0.2, -0.15) is 11.3 Å². The van der Waals surface area contributed by atoms with Gasteiger partial charge in [0.05, 0.1) is 0 Å². The van der Waals surface area contributed by atoms with Crippen molar-refractivity contribution in [3.8, 4) is 11.5 Å². The highest BCUT2D eigenvalue weighted by atomic mass is 32.1. The second-order valence-electron chi connectivity index (χ2n) is 5.91. The smallest absolute Gasteiger partial charge is 0.260 e. The van der Waals surface area contributed by atoms with Crippen molar-refractivity contribution in [1.82, 2.24) is 9.80 Å². The molecule has 1 N–H and O–H groups in total. The summed E-state index contributed by atoms with van der Waals surface area (Å²) in [7, 11) is 0. The van der Waals surface area contributed by atoms with Gasteiger partial charge < -0.3 is 14.7 Å². The molecule has 1 aliphatic rings. The number of nitrogens with zero attached hydrogens (tertiary/aromatic N) is 2. The molecule has 128 valence electrons. The highest BCUT2D eigenvalue weighted by molar-refractivity contribution is 7.07. The van der Waals surface area contributed by atoms with E-state index in [1.165, 1.54) is 5.56 Å². The summed E-state index contributed by atoms with van der Waals surface area (Å²) in [5, 5.41) is 13.9. The Hall–Kier alpha value is -2.05. The van der Waals surface area contributed by atoms with Crippen LogP contribution in [0.15, 0.2) is 41.1 Å². The molecule has 0 aliphatic carbocycles. The Morgan fingerprint density at radius 1 is 1.25 bits per heavy atom. The lowest BCUT2D eigenvalue weighted by Gasteiger charge is -2.37. The second kappa shape index (κ2) is 7.68. The van der Waals surface area contributed by atoms with Crippen LogP contribution < -0.4 is 4.74 Å². The zero-order chi connectivity index (χ0) is 16.9. The molecule has 6 heteroatoms. The molecule has 0 radical (unpaired) electrons. The number of phenolic OH excluding ortho intramolecular Hbond substituents is 1. The van der Waals surface area contributed by atoms with E-state index in [1.54, 1.807) is 35.6 Å². The van der Waals surface area contributed by atoms with E-state index in [0.29, 0.717) is 24.9 Å². The Kier molecular flexibility index (Phi) is 5.37. The molecule has 2 heterocycles. The number of para-hydroxylation sites is 2. The monoisotopic (exact) mass is 346 g/mol. The first-order valence-corrected chi connectivity index (χ1v) is 9.04. The normalized spacial score (nSPS) is 16.8. The van der Waals surface area contributed by atoms with Crippen LogP contribution in [0, 0.1) is 0 Å². The van der Waals surface area contributed by atoms with Crippen molar-refractivity contribution in [2.45, 2.75) is 13.0 Å². The number of ether oxygens (including phenoxy) is 1. The molecule has 1 saturated heterocycles. The third-order valence-corrected chi connectivity index (χ3v) is 5.16. The fraction of sp³-hybridized carbons (Fsp3) is 0.389. The first-order chi connectivity index (χ1) is 11.6. The standard InChI is InChI=1S/C18H22N2O3S/c1-14(15-6-11-24-13-15)19-7-9-20(10-8-19)18(22)12-23-17-5-3-2-4-16(17)21/h2-6,11,13-14,21H,7-10,12H2,1H3. The highest BCUT2D eigenvalue weighted by Crippen LogP contribution is 2.25. The zero-order valence-corrected chi connectivity index (χ0v) is 14.5. The maximum atomic E-state index is 12.3. The Bertz CT molecular complexity index is 667. The first kappa shape index (κ1) is 16.8. The number of thiophene rings is 1. The lowest BCUT2D eigenvalue weighted by atomic mass is 10.1. The first-order valence-electron chi connectivity index (χ1n) is 8.10. The SMILES string of the molecule is CC(c1ccsc1)N1CCN(C(=O)COc2ccccc2O)CC1. The molecule has 1 unspecified atom stereocenters. The molecule has 3 rings (SSSR count). The summed E-state index contributed by atoms with van der Waals surface area (Å²) in [6.45, 7) is 5.30. The van der Waals surface area contributed by atoms with Crippen LogP contribution in [0.1, 0.15) is 18.5 Å². The van der Waals surface area contributed by atoms with E-state index < -0.39 is 0 Å². The van der Waals surface area contributed by atoms with Crippen LogP contribution in [0.25, 0.3) is 0 Å². The van der Waals surface area contributed by atoms with Gasteiger partial charge in [0.25, 0.3) is 5.91 Å². The number of piperazine rings is 1. The molecule has 1 amide bonds. The minimum absolute atomic E-state index is 0.0407. The highest BCUT2D eigenvalue weighted by Gasteiger charge is 2.25. The molecular weight excluding hydrogens is 324 g/mol. The molecule has 1 atom stereocenters. The Labute approximate surface area is 146 Å². The molecule has 1 aromatic carbocycles. The lowest BCUT2D eigenvalue weighted by Crippen LogP contribution is -2.50. The third-order valence-electron chi connectivity index (χ3n) is 4.46. The summed E-state index contributed by atoms with van der Waals surface area (Å²) in [6.07, 6.45) is 0. The van der Waals surface area contributed by atoms with Gasteiger partial charge in [0.1, 0.15) is 0 Å². The zero-order valence-electron chi connectivity index (χ0n) is 13.7. The predicted octanol–water partition coefficient (Wildman–Crippen LogP) is 2.74. The van der Waals surface area contributed by atoms with Crippen molar-refractivity contribution in [2.75, 3.05) is 32.8 Å². The van der Waals surface area contributed by atoms with E-state index in [1.807, 2.05) is 4.90 Å². The summed E-state index contributed by atoms with van der Waals surface area (Å²) >= 11 is 1.71. The molecule has 2 aromatic rings. The molecule has 1 fully saturated rings. The number of aromatic hydroxyl groups is 1. The molecule has 0 spiro atoms. The number of amides is 1. The van der Waals surface area contributed by atoms with Gasteiger partial charge in [-0.3, -0.25) is 9.69 Å². The molecular formula is C18H22N2O3S. The van der Waals surface area contributed by atoms with Crippen molar-refractivity contribution in [3.63, 3.8) is 0 Å². The molecule has 5 nitrogen and oxygen atoms in total. The average Bonchev–Trinajstić information content (AvgIpc) is 3.15. The van der Waals surface area contributed by atoms with Crippen LogP contribution in [-0.4, -0.2) is 53.6 Å². The molecule has 0 saturated carbocycles. The van der Waals surface area contributed by atoms with E-state index in [0.717, 1.165) is 13.1 Å². The quantitative estimate of drug-likeness (QED) is 0.904. The van der Waals surface area contributed by atoms with Gasteiger partial charge in [0.2, 0.25) is 0 Å². The lowest BCUT2D eigenvalue weighted by molar-refractivity contribution is -0.135. The summed E-state index contributed by atoms with van der Waals surface area (Å²) in [6, 6.07) is 9.23. The number of carbonyl (C=O) groups excluding carboxylic acids is 1. The van der Waals surface area contributed by atoms with Gasteiger partial charge in [-0.25, -0.2) is 0 Å². The number of hydrogen-bond acceptors (Lipinski definition) is 5. The maximum Gasteiger partial charge on any atom is 0.260 e. The fourth-order valence-corrected chi connectivity index (χ4v) is 3.64. The number of carbonyl (C=O) groups is 1. The molecule has 1 aromatic heterocycles. The Morgan fingerprint density at radius 3 is 2.67 bits per heavy atom. The maximum absolute atomic E-state index is 12.3.